The molecule has 4 rings (SSSR count). The average molecular weight is 516 g/mol. The first kappa shape index (κ1) is 22.1. The maximum atomic E-state index is 12.9. The fourth-order valence-electron chi connectivity index (χ4n) is 3.11. The molecule has 0 aliphatic heterocycles. The van der Waals surface area contributed by atoms with E-state index in [1.165, 1.54) is 0 Å². The number of aromatic nitrogens is 3. The van der Waals surface area contributed by atoms with E-state index in [-0.39, 0.29) is 12.3 Å². The molecule has 1 amide bonds. The predicted molar refractivity (Wildman–Crippen MR) is 125 cm³/mol. The molecule has 0 saturated heterocycles. The maximum Gasteiger partial charge on any atom is 0.279 e. The molecule has 164 valence electrons. The Kier molecular flexibility index (Phi) is 6.62. The van der Waals surface area contributed by atoms with Crippen molar-refractivity contribution < 1.29 is 14.1 Å². The minimum atomic E-state index is -0.428. The molecule has 2 aromatic heterocycles. The first-order chi connectivity index (χ1) is 15.4. The zero-order chi connectivity index (χ0) is 22.7. The molecule has 0 radical (unpaired) electrons. The molecule has 0 aliphatic rings. The number of benzene rings is 2. The van der Waals surface area contributed by atoms with Crippen molar-refractivity contribution >= 4 is 39.3 Å². The summed E-state index contributed by atoms with van der Waals surface area (Å²) in [7, 11) is 0. The normalized spacial score (nSPS) is 10.9. The van der Waals surface area contributed by atoms with Crippen LogP contribution in [0.1, 0.15) is 32.9 Å². The highest BCUT2D eigenvalue weighted by molar-refractivity contribution is 9.10. The number of aryl methyl sites for hydroxylation is 2. The molecule has 32 heavy (non-hydrogen) atoms. The van der Waals surface area contributed by atoms with Gasteiger partial charge in [0.2, 0.25) is 0 Å². The molecule has 2 heterocycles. The van der Waals surface area contributed by atoms with Crippen molar-refractivity contribution in [2.45, 2.75) is 27.0 Å². The zero-order valence-corrected chi connectivity index (χ0v) is 19.8. The molecule has 0 unspecified atom stereocenters. The fraction of sp³-hybridized carbons (Fsp3) is 0.174. The van der Waals surface area contributed by atoms with Crippen molar-refractivity contribution in [1.82, 2.24) is 14.9 Å². The van der Waals surface area contributed by atoms with Crippen LogP contribution in [0.15, 0.2) is 63.7 Å². The fourth-order valence-corrected chi connectivity index (χ4v) is 3.65. The van der Waals surface area contributed by atoms with Crippen LogP contribution >= 0.6 is 27.5 Å². The number of hydrogen-bond acceptors (Lipinski definition) is 5. The first-order valence-corrected chi connectivity index (χ1v) is 11.0. The van der Waals surface area contributed by atoms with Crippen LogP contribution in [0.4, 0.5) is 5.82 Å². The van der Waals surface area contributed by atoms with Crippen LogP contribution in [-0.4, -0.2) is 20.8 Å². The second-order valence-electron chi connectivity index (χ2n) is 7.22. The number of amides is 1. The summed E-state index contributed by atoms with van der Waals surface area (Å²) in [6.45, 7) is 4.40. The van der Waals surface area contributed by atoms with E-state index < -0.39 is 5.91 Å². The number of hydrogen-bond donors (Lipinski definition) is 1. The standard InChI is InChI=1S/C23H20BrClN4O3/c1-14-5-3-4-6-20(14)31-13-18-15(2)32-28-21(18)23(30)26-22-19(24)12-29(27-22)11-16-7-9-17(25)10-8-16/h3-10,12H,11,13H2,1-2H3,(H,26,27,30). The van der Waals surface area contributed by atoms with E-state index in [9.17, 15) is 4.79 Å². The molecule has 7 nitrogen and oxygen atoms in total. The summed E-state index contributed by atoms with van der Waals surface area (Å²) in [6, 6.07) is 15.2. The lowest BCUT2D eigenvalue weighted by atomic mass is 10.2. The van der Waals surface area contributed by atoms with Gasteiger partial charge in [-0.2, -0.15) is 5.10 Å². The molecule has 0 saturated carbocycles. The Morgan fingerprint density at radius 1 is 1.19 bits per heavy atom. The van der Waals surface area contributed by atoms with E-state index in [0.717, 1.165) is 16.9 Å². The van der Waals surface area contributed by atoms with Gasteiger partial charge in [0, 0.05) is 11.2 Å². The monoisotopic (exact) mass is 514 g/mol. The number of anilines is 1. The van der Waals surface area contributed by atoms with Crippen LogP contribution < -0.4 is 10.1 Å². The molecule has 0 fully saturated rings. The third-order valence-corrected chi connectivity index (χ3v) is 5.70. The second-order valence-corrected chi connectivity index (χ2v) is 8.51. The number of para-hydroxylation sites is 1. The van der Waals surface area contributed by atoms with Crippen LogP contribution in [0, 0.1) is 13.8 Å². The van der Waals surface area contributed by atoms with Gasteiger partial charge >= 0.3 is 0 Å². The molecule has 9 heteroatoms. The largest absolute Gasteiger partial charge is 0.488 e. The summed E-state index contributed by atoms with van der Waals surface area (Å²) in [6.07, 6.45) is 1.79. The smallest absolute Gasteiger partial charge is 0.279 e. The van der Waals surface area contributed by atoms with Crippen molar-refractivity contribution in [2.75, 3.05) is 5.32 Å². The van der Waals surface area contributed by atoms with Crippen LogP contribution in [0.5, 0.6) is 5.75 Å². The van der Waals surface area contributed by atoms with E-state index >= 15 is 0 Å². The molecule has 0 bridgehead atoms. The number of carbonyl (C=O) groups excluding carboxylic acids is 1. The van der Waals surface area contributed by atoms with Gasteiger partial charge in [-0.3, -0.25) is 9.48 Å². The van der Waals surface area contributed by atoms with E-state index in [2.05, 4.69) is 31.5 Å². The Morgan fingerprint density at radius 3 is 2.69 bits per heavy atom. The Hall–Kier alpha value is -3.10. The number of carbonyl (C=O) groups is 1. The molecular formula is C23H20BrClN4O3. The molecule has 0 atom stereocenters. The molecule has 0 spiro atoms. The van der Waals surface area contributed by atoms with E-state index in [4.69, 9.17) is 20.9 Å². The highest BCUT2D eigenvalue weighted by Crippen LogP contribution is 2.24. The zero-order valence-electron chi connectivity index (χ0n) is 17.4. The topological polar surface area (TPSA) is 82.2 Å². The lowest BCUT2D eigenvalue weighted by Crippen LogP contribution is -2.16. The molecular weight excluding hydrogens is 496 g/mol. The van der Waals surface area contributed by atoms with Gasteiger partial charge in [0.25, 0.3) is 5.91 Å². The summed E-state index contributed by atoms with van der Waals surface area (Å²) in [5.74, 6) is 1.22. The van der Waals surface area contributed by atoms with Gasteiger partial charge in [-0.05, 0) is 59.1 Å². The van der Waals surface area contributed by atoms with E-state index in [1.807, 2.05) is 55.5 Å². The van der Waals surface area contributed by atoms with Crippen molar-refractivity contribution in [3.63, 3.8) is 0 Å². The van der Waals surface area contributed by atoms with Gasteiger partial charge < -0.3 is 14.6 Å². The SMILES string of the molecule is Cc1ccccc1OCc1c(C(=O)Nc2nn(Cc3ccc(Cl)cc3)cc2Br)noc1C. The van der Waals surface area contributed by atoms with Gasteiger partial charge in [-0.1, -0.05) is 47.1 Å². The third kappa shape index (κ3) is 5.03. The predicted octanol–water partition coefficient (Wildman–Crippen LogP) is 5.78. The van der Waals surface area contributed by atoms with Crippen LogP contribution in [0.2, 0.25) is 5.02 Å². The van der Waals surface area contributed by atoms with Gasteiger partial charge in [0.1, 0.15) is 18.1 Å². The Labute approximate surface area is 198 Å². The molecule has 0 aliphatic carbocycles. The van der Waals surface area contributed by atoms with Gasteiger partial charge in [0.05, 0.1) is 16.6 Å². The minimum Gasteiger partial charge on any atom is -0.488 e. The Balaban J connectivity index is 1.47. The lowest BCUT2D eigenvalue weighted by Gasteiger charge is -2.09. The number of nitrogens with zero attached hydrogens (tertiary/aromatic N) is 3. The Morgan fingerprint density at radius 2 is 1.94 bits per heavy atom. The van der Waals surface area contributed by atoms with Crippen molar-refractivity contribution in [3.05, 3.63) is 92.4 Å². The summed E-state index contributed by atoms with van der Waals surface area (Å²) < 4.78 is 13.5. The molecule has 2 aromatic carbocycles. The summed E-state index contributed by atoms with van der Waals surface area (Å²) in [5, 5.41) is 11.8. The number of nitrogens with one attached hydrogen (secondary N) is 1. The van der Waals surface area contributed by atoms with Gasteiger partial charge in [0.15, 0.2) is 11.5 Å². The van der Waals surface area contributed by atoms with E-state index in [0.29, 0.717) is 33.2 Å². The van der Waals surface area contributed by atoms with Gasteiger partial charge in [-0.15, -0.1) is 0 Å². The van der Waals surface area contributed by atoms with Crippen molar-refractivity contribution in [1.29, 1.82) is 0 Å². The second kappa shape index (κ2) is 9.58. The Bertz CT molecular complexity index is 1250. The van der Waals surface area contributed by atoms with Crippen LogP contribution in [0.25, 0.3) is 0 Å². The first-order valence-electron chi connectivity index (χ1n) is 9.83. The number of ether oxygens (including phenoxy) is 1. The summed E-state index contributed by atoms with van der Waals surface area (Å²) in [5.41, 5.74) is 2.78. The molecule has 1 N–H and O–H groups in total. The van der Waals surface area contributed by atoms with Crippen molar-refractivity contribution in [3.8, 4) is 5.75 Å². The highest BCUT2D eigenvalue weighted by Gasteiger charge is 2.22. The van der Waals surface area contributed by atoms with Crippen LogP contribution in [0.3, 0.4) is 0 Å². The molecule has 4 aromatic rings. The average Bonchev–Trinajstić information content (AvgIpc) is 3.31. The quantitative estimate of drug-likeness (QED) is 0.337. The van der Waals surface area contributed by atoms with Gasteiger partial charge in [-0.25, -0.2) is 0 Å². The van der Waals surface area contributed by atoms with Crippen molar-refractivity contribution in [2.24, 2.45) is 0 Å². The number of halogens is 2. The third-order valence-electron chi connectivity index (χ3n) is 4.87. The lowest BCUT2D eigenvalue weighted by molar-refractivity contribution is 0.101. The maximum absolute atomic E-state index is 12.9. The van der Waals surface area contributed by atoms with Crippen LogP contribution in [-0.2, 0) is 13.2 Å². The summed E-state index contributed by atoms with van der Waals surface area (Å²) in [4.78, 5) is 12.9. The number of rotatable bonds is 7. The highest BCUT2D eigenvalue weighted by atomic mass is 79.9. The summed E-state index contributed by atoms with van der Waals surface area (Å²) >= 11 is 9.39. The van der Waals surface area contributed by atoms with E-state index in [1.54, 1.807) is 17.8 Å². The minimum absolute atomic E-state index is 0.162.